The number of aromatic nitrogens is 1. The van der Waals surface area contributed by atoms with E-state index in [2.05, 4.69) is 4.99 Å². The Morgan fingerprint density at radius 2 is 1.91 bits per heavy atom. The van der Waals surface area contributed by atoms with Gasteiger partial charge in [-0.2, -0.15) is 0 Å². The monoisotopic (exact) mass is 462 g/mol. The van der Waals surface area contributed by atoms with Crippen molar-refractivity contribution in [3.8, 4) is 28.5 Å². The number of ether oxygens (including phenoxy) is 3. The Kier molecular flexibility index (Phi) is 5.79. The van der Waals surface area contributed by atoms with Crippen LogP contribution in [0.1, 0.15) is 16.0 Å². The molecule has 0 aliphatic carbocycles. The molecule has 0 saturated carbocycles. The van der Waals surface area contributed by atoms with Crippen LogP contribution in [0.25, 0.3) is 11.3 Å². The second kappa shape index (κ2) is 9.02. The fraction of sp³-hybridized carbons (Fsp3) is 0.120. The lowest BCUT2D eigenvalue weighted by Gasteiger charge is -2.16. The van der Waals surface area contributed by atoms with Gasteiger partial charge in [-0.1, -0.05) is 41.1 Å². The number of halogens is 1. The van der Waals surface area contributed by atoms with Gasteiger partial charge in [0, 0.05) is 28.4 Å². The first kappa shape index (κ1) is 20.5. The average molecular weight is 463 g/mol. The zero-order valence-electron chi connectivity index (χ0n) is 17.2. The molecule has 0 N–H and O–H groups in total. The third kappa shape index (κ3) is 4.33. The van der Waals surface area contributed by atoms with E-state index < -0.39 is 0 Å². The Morgan fingerprint density at radius 1 is 1.09 bits per heavy atom. The molecule has 1 aromatic heterocycles. The summed E-state index contributed by atoms with van der Waals surface area (Å²) in [5.41, 5.74) is 3.81. The maximum absolute atomic E-state index is 6.18. The molecular weight excluding hydrogens is 444 g/mol. The minimum Gasteiger partial charge on any atom is -0.497 e. The molecule has 0 bridgehead atoms. The van der Waals surface area contributed by atoms with Crippen LogP contribution in [0.5, 0.6) is 17.2 Å². The molecule has 0 spiro atoms. The van der Waals surface area contributed by atoms with Crippen molar-refractivity contribution >= 4 is 34.3 Å². The highest BCUT2D eigenvalue weighted by atomic mass is 35.5. The molecule has 1 aliphatic heterocycles. The van der Waals surface area contributed by atoms with Crippen LogP contribution < -0.4 is 14.2 Å². The van der Waals surface area contributed by atoms with Crippen LogP contribution in [-0.4, -0.2) is 18.3 Å². The van der Waals surface area contributed by atoms with E-state index in [-0.39, 0.29) is 0 Å². The molecular formula is C25H19ClN2O3S. The van der Waals surface area contributed by atoms with Gasteiger partial charge in [-0.15, -0.1) is 0 Å². The maximum Gasteiger partial charge on any atom is 0.210 e. The van der Waals surface area contributed by atoms with Crippen molar-refractivity contribution in [2.45, 2.75) is 13.2 Å². The number of methoxy groups -OCH3 is 1. The van der Waals surface area contributed by atoms with E-state index in [0.29, 0.717) is 23.4 Å². The molecule has 3 aromatic carbocycles. The van der Waals surface area contributed by atoms with Crippen LogP contribution in [0.15, 0.2) is 71.7 Å². The third-order valence-corrected chi connectivity index (χ3v) is 6.35. The van der Waals surface area contributed by atoms with Gasteiger partial charge in [-0.05, 0) is 48.0 Å². The van der Waals surface area contributed by atoms with E-state index in [1.165, 1.54) is 11.3 Å². The van der Waals surface area contributed by atoms with Crippen LogP contribution in [-0.2, 0) is 13.2 Å². The number of hydrogen-bond acceptors (Lipinski definition) is 6. The molecule has 0 amide bonds. The van der Waals surface area contributed by atoms with Crippen LogP contribution in [0.3, 0.4) is 0 Å². The third-order valence-electron chi connectivity index (χ3n) is 5.05. The number of benzene rings is 3. The number of nitrogens with zero attached hydrogens (tertiary/aromatic N) is 2. The number of thiazole rings is 1. The van der Waals surface area contributed by atoms with E-state index in [4.69, 9.17) is 30.8 Å². The Bertz CT molecular complexity index is 1280. The fourth-order valence-electron chi connectivity index (χ4n) is 3.35. The molecule has 32 heavy (non-hydrogen) atoms. The summed E-state index contributed by atoms with van der Waals surface area (Å²) in [6.07, 6.45) is 1.80. The molecule has 160 valence electrons. The van der Waals surface area contributed by atoms with Crippen LogP contribution in [0.4, 0.5) is 5.13 Å². The van der Waals surface area contributed by atoms with Crippen molar-refractivity contribution in [3.63, 3.8) is 0 Å². The van der Waals surface area contributed by atoms with Gasteiger partial charge < -0.3 is 14.2 Å². The SMILES string of the molecule is COc1ccc2c(c1)OCc1sc(N=Cc3ccc(OCc4ccccc4Cl)cc3)nc1-2. The molecule has 7 heteroatoms. The van der Waals surface area contributed by atoms with Gasteiger partial charge in [0.05, 0.1) is 17.7 Å². The first-order valence-electron chi connectivity index (χ1n) is 10.0. The first-order valence-corrected chi connectivity index (χ1v) is 11.2. The smallest absolute Gasteiger partial charge is 0.210 e. The summed E-state index contributed by atoms with van der Waals surface area (Å²) in [6, 6.07) is 21.2. The molecule has 0 fully saturated rings. The molecule has 2 heterocycles. The van der Waals surface area contributed by atoms with Crippen LogP contribution >= 0.6 is 22.9 Å². The van der Waals surface area contributed by atoms with Crippen molar-refractivity contribution in [2.75, 3.05) is 7.11 Å². The predicted molar refractivity (Wildman–Crippen MR) is 128 cm³/mol. The van der Waals surface area contributed by atoms with Crippen LogP contribution in [0, 0.1) is 0 Å². The highest BCUT2D eigenvalue weighted by Crippen LogP contribution is 2.43. The van der Waals surface area contributed by atoms with E-state index in [0.717, 1.165) is 44.5 Å². The Balaban J connectivity index is 1.27. The van der Waals surface area contributed by atoms with Crippen molar-refractivity contribution in [1.29, 1.82) is 0 Å². The Morgan fingerprint density at radius 3 is 2.72 bits per heavy atom. The van der Waals surface area contributed by atoms with Crippen molar-refractivity contribution < 1.29 is 14.2 Å². The van der Waals surface area contributed by atoms with Gasteiger partial charge in [-0.25, -0.2) is 9.98 Å². The van der Waals surface area contributed by atoms with Crippen molar-refractivity contribution in [3.05, 3.63) is 87.8 Å². The van der Waals surface area contributed by atoms with E-state index in [1.54, 1.807) is 13.3 Å². The summed E-state index contributed by atoms with van der Waals surface area (Å²) in [5, 5.41) is 1.40. The summed E-state index contributed by atoms with van der Waals surface area (Å²) >= 11 is 7.71. The van der Waals surface area contributed by atoms with Gasteiger partial charge >= 0.3 is 0 Å². The predicted octanol–water partition coefficient (Wildman–Crippen LogP) is 6.69. The molecule has 0 atom stereocenters. The zero-order valence-corrected chi connectivity index (χ0v) is 18.8. The van der Waals surface area contributed by atoms with Gasteiger partial charge in [0.1, 0.15) is 30.5 Å². The van der Waals surface area contributed by atoms with E-state index in [1.807, 2.05) is 66.7 Å². The molecule has 4 aromatic rings. The van der Waals surface area contributed by atoms with E-state index >= 15 is 0 Å². The topological polar surface area (TPSA) is 52.9 Å². The largest absolute Gasteiger partial charge is 0.497 e. The average Bonchev–Trinajstić information content (AvgIpc) is 3.26. The van der Waals surface area contributed by atoms with Gasteiger partial charge in [-0.3, -0.25) is 0 Å². The zero-order chi connectivity index (χ0) is 21.9. The molecule has 5 nitrogen and oxygen atoms in total. The highest BCUT2D eigenvalue weighted by Gasteiger charge is 2.22. The second-order valence-electron chi connectivity index (χ2n) is 7.13. The lowest BCUT2D eigenvalue weighted by molar-refractivity contribution is 0.303. The molecule has 0 radical (unpaired) electrons. The summed E-state index contributed by atoms with van der Waals surface area (Å²) in [7, 11) is 1.64. The quantitative estimate of drug-likeness (QED) is 0.299. The lowest BCUT2D eigenvalue weighted by atomic mass is 10.1. The second-order valence-corrected chi connectivity index (χ2v) is 8.60. The summed E-state index contributed by atoms with van der Waals surface area (Å²) in [5.74, 6) is 2.32. The fourth-order valence-corrected chi connectivity index (χ4v) is 4.37. The molecule has 0 unspecified atom stereocenters. The van der Waals surface area contributed by atoms with E-state index in [9.17, 15) is 0 Å². The maximum atomic E-state index is 6.18. The minimum atomic E-state index is 0.424. The normalized spacial score (nSPS) is 12.2. The van der Waals surface area contributed by atoms with Crippen molar-refractivity contribution in [2.24, 2.45) is 4.99 Å². The lowest BCUT2D eigenvalue weighted by Crippen LogP contribution is -2.03. The van der Waals surface area contributed by atoms with Gasteiger partial charge in [0.25, 0.3) is 0 Å². The van der Waals surface area contributed by atoms with Crippen LogP contribution in [0.2, 0.25) is 5.02 Å². The minimum absolute atomic E-state index is 0.424. The Hall–Kier alpha value is -3.35. The summed E-state index contributed by atoms with van der Waals surface area (Å²) in [6.45, 7) is 0.910. The van der Waals surface area contributed by atoms with Gasteiger partial charge in [0.15, 0.2) is 0 Å². The first-order chi connectivity index (χ1) is 15.7. The summed E-state index contributed by atoms with van der Waals surface area (Å²) < 4.78 is 17.0. The van der Waals surface area contributed by atoms with Crippen molar-refractivity contribution in [1.82, 2.24) is 4.98 Å². The molecule has 1 aliphatic rings. The number of rotatable bonds is 6. The highest BCUT2D eigenvalue weighted by molar-refractivity contribution is 7.15. The number of aliphatic imine (C=N–C) groups is 1. The van der Waals surface area contributed by atoms with Gasteiger partial charge in [0.2, 0.25) is 5.13 Å². The molecule has 0 saturated heterocycles. The standard InChI is InChI=1S/C25H19ClN2O3S/c1-29-19-10-11-20-22(12-19)31-15-23-24(20)28-25(32-23)27-13-16-6-8-18(9-7-16)30-14-17-4-2-3-5-21(17)26/h2-13H,14-15H2,1H3. The number of fused-ring (bicyclic) bond motifs is 3. The summed E-state index contributed by atoms with van der Waals surface area (Å²) in [4.78, 5) is 10.3. The Labute approximate surface area is 194 Å². The number of hydrogen-bond donors (Lipinski definition) is 0. The molecule has 5 rings (SSSR count).